The van der Waals surface area contributed by atoms with E-state index in [-0.39, 0.29) is 17.8 Å². The molecule has 118 valence electrons. The van der Waals surface area contributed by atoms with Crippen molar-refractivity contribution in [3.05, 3.63) is 47.4 Å². The first-order valence-electron chi connectivity index (χ1n) is 7.28. The number of halogens is 1. The van der Waals surface area contributed by atoms with Gasteiger partial charge in [0.2, 0.25) is 5.95 Å². The standard InChI is InChI=1S/C16H22FN5/c1-4-11-9-20-16(18)21-15(11)19-10-14(22(2)3)12-5-7-13(17)8-6-12/h5-9,14H,4,10H2,1-3H3,(H3,18,19,20,21). The number of likely N-dealkylation sites (N-methyl/N-ethyl adjacent to an activating group) is 1. The highest BCUT2D eigenvalue weighted by Gasteiger charge is 2.15. The Morgan fingerprint density at radius 2 is 1.95 bits per heavy atom. The van der Waals surface area contributed by atoms with Crippen LogP contribution in [-0.4, -0.2) is 35.5 Å². The van der Waals surface area contributed by atoms with Gasteiger partial charge in [-0.25, -0.2) is 9.37 Å². The molecule has 1 atom stereocenters. The van der Waals surface area contributed by atoms with Gasteiger partial charge >= 0.3 is 0 Å². The molecule has 0 aliphatic heterocycles. The molecular weight excluding hydrogens is 281 g/mol. The molecule has 0 amide bonds. The number of hydrogen-bond acceptors (Lipinski definition) is 5. The van der Waals surface area contributed by atoms with Crippen LogP contribution in [0.15, 0.2) is 30.5 Å². The Morgan fingerprint density at radius 1 is 1.27 bits per heavy atom. The van der Waals surface area contributed by atoms with Crippen LogP contribution in [0.25, 0.3) is 0 Å². The van der Waals surface area contributed by atoms with Gasteiger partial charge in [0.05, 0.1) is 6.04 Å². The number of benzene rings is 1. The number of hydrogen-bond donors (Lipinski definition) is 2. The number of rotatable bonds is 6. The second kappa shape index (κ2) is 7.17. The summed E-state index contributed by atoms with van der Waals surface area (Å²) in [6, 6.07) is 6.66. The van der Waals surface area contributed by atoms with Gasteiger partial charge in [-0.05, 0) is 38.2 Å². The molecule has 0 aliphatic carbocycles. The molecule has 2 rings (SSSR count). The maximum absolute atomic E-state index is 13.1. The Labute approximate surface area is 130 Å². The molecule has 0 bridgehead atoms. The zero-order chi connectivity index (χ0) is 16.1. The van der Waals surface area contributed by atoms with E-state index < -0.39 is 0 Å². The van der Waals surface area contributed by atoms with Gasteiger partial charge in [-0.3, -0.25) is 0 Å². The molecule has 2 aromatic rings. The molecule has 5 nitrogen and oxygen atoms in total. The summed E-state index contributed by atoms with van der Waals surface area (Å²) in [7, 11) is 3.98. The Hall–Kier alpha value is -2.21. The third-order valence-electron chi connectivity index (χ3n) is 3.61. The monoisotopic (exact) mass is 303 g/mol. The van der Waals surface area contributed by atoms with Crippen LogP contribution in [0.5, 0.6) is 0 Å². The van der Waals surface area contributed by atoms with Gasteiger partial charge in [0, 0.05) is 18.3 Å². The second-order valence-electron chi connectivity index (χ2n) is 5.37. The maximum Gasteiger partial charge on any atom is 0.221 e. The fourth-order valence-electron chi connectivity index (χ4n) is 2.31. The largest absolute Gasteiger partial charge is 0.368 e. The summed E-state index contributed by atoms with van der Waals surface area (Å²) in [6.07, 6.45) is 2.57. The predicted octanol–water partition coefficient (Wildman–Crippen LogP) is 2.48. The van der Waals surface area contributed by atoms with Crippen molar-refractivity contribution >= 4 is 11.8 Å². The van der Waals surface area contributed by atoms with Crippen molar-refractivity contribution in [2.45, 2.75) is 19.4 Å². The van der Waals surface area contributed by atoms with Crippen molar-refractivity contribution < 1.29 is 4.39 Å². The molecule has 0 fully saturated rings. The van der Waals surface area contributed by atoms with Crippen LogP contribution >= 0.6 is 0 Å². The predicted molar refractivity (Wildman–Crippen MR) is 87.1 cm³/mol. The molecular formula is C16H22FN5. The fraction of sp³-hybridized carbons (Fsp3) is 0.375. The lowest BCUT2D eigenvalue weighted by Crippen LogP contribution is -2.27. The van der Waals surface area contributed by atoms with Gasteiger partial charge in [-0.15, -0.1) is 0 Å². The van der Waals surface area contributed by atoms with E-state index in [1.807, 2.05) is 21.0 Å². The lowest BCUT2D eigenvalue weighted by molar-refractivity contribution is 0.311. The lowest BCUT2D eigenvalue weighted by atomic mass is 10.1. The summed E-state index contributed by atoms with van der Waals surface area (Å²) in [5, 5.41) is 3.33. The number of nitrogens with one attached hydrogen (secondary N) is 1. The number of anilines is 2. The zero-order valence-electron chi connectivity index (χ0n) is 13.2. The smallest absolute Gasteiger partial charge is 0.221 e. The molecule has 1 heterocycles. The zero-order valence-corrected chi connectivity index (χ0v) is 13.2. The van der Waals surface area contributed by atoms with Crippen LogP contribution < -0.4 is 11.1 Å². The average molecular weight is 303 g/mol. The first-order chi connectivity index (χ1) is 10.5. The summed E-state index contributed by atoms with van der Waals surface area (Å²) < 4.78 is 13.1. The first kappa shape index (κ1) is 16.2. The maximum atomic E-state index is 13.1. The van der Waals surface area contributed by atoms with Crippen LogP contribution in [0.3, 0.4) is 0 Å². The Balaban J connectivity index is 2.16. The molecule has 1 aromatic carbocycles. The third kappa shape index (κ3) is 3.92. The minimum absolute atomic E-state index is 0.0986. The van der Waals surface area contributed by atoms with Crippen molar-refractivity contribution in [2.24, 2.45) is 0 Å². The molecule has 22 heavy (non-hydrogen) atoms. The minimum Gasteiger partial charge on any atom is -0.368 e. The van der Waals surface area contributed by atoms with Crippen molar-refractivity contribution in [1.29, 1.82) is 0 Å². The number of aryl methyl sites for hydroxylation is 1. The van der Waals surface area contributed by atoms with Crippen molar-refractivity contribution in [1.82, 2.24) is 14.9 Å². The molecule has 0 aliphatic rings. The summed E-state index contributed by atoms with van der Waals surface area (Å²) in [5.41, 5.74) is 7.72. The summed E-state index contributed by atoms with van der Waals surface area (Å²) >= 11 is 0. The number of nitrogens with zero attached hydrogens (tertiary/aromatic N) is 3. The Morgan fingerprint density at radius 3 is 2.55 bits per heavy atom. The molecule has 0 saturated heterocycles. The third-order valence-corrected chi connectivity index (χ3v) is 3.61. The Bertz CT molecular complexity index is 612. The van der Waals surface area contributed by atoms with Crippen molar-refractivity contribution in [3.63, 3.8) is 0 Å². The quantitative estimate of drug-likeness (QED) is 0.858. The van der Waals surface area contributed by atoms with Gasteiger partial charge in [0.25, 0.3) is 0 Å². The molecule has 6 heteroatoms. The SMILES string of the molecule is CCc1cnc(N)nc1NCC(c1ccc(F)cc1)N(C)C. The van der Waals surface area contributed by atoms with E-state index in [1.165, 1.54) is 12.1 Å². The highest BCUT2D eigenvalue weighted by Crippen LogP contribution is 2.21. The molecule has 3 N–H and O–H groups in total. The van der Waals surface area contributed by atoms with Crippen LogP contribution in [0, 0.1) is 5.82 Å². The van der Waals surface area contributed by atoms with Crippen molar-refractivity contribution in [2.75, 3.05) is 31.7 Å². The second-order valence-corrected chi connectivity index (χ2v) is 5.37. The summed E-state index contributed by atoms with van der Waals surface area (Å²) in [4.78, 5) is 10.4. The van der Waals surface area contributed by atoms with E-state index in [2.05, 4.69) is 20.2 Å². The van der Waals surface area contributed by atoms with E-state index >= 15 is 0 Å². The minimum atomic E-state index is -0.231. The molecule has 1 aromatic heterocycles. The summed E-state index contributed by atoms with van der Waals surface area (Å²) in [6.45, 7) is 2.69. The number of nitrogens with two attached hydrogens (primary N) is 1. The van der Waals surface area contributed by atoms with Crippen LogP contribution in [0.4, 0.5) is 16.2 Å². The summed E-state index contributed by atoms with van der Waals surface area (Å²) in [5.74, 6) is 0.776. The normalized spacial score (nSPS) is 12.4. The van der Waals surface area contributed by atoms with E-state index in [0.29, 0.717) is 6.54 Å². The van der Waals surface area contributed by atoms with Crippen LogP contribution in [-0.2, 0) is 6.42 Å². The van der Waals surface area contributed by atoms with Crippen LogP contribution in [0.1, 0.15) is 24.1 Å². The van der Waals surface area contributed by atoms with Gasteiger partial charge in [-0.2, -0.15) is 4.98 Å². The lowest BCUT2D eigenvalue weighted by Gasteiger charge is -2.25. The Kier molecular flexibility index (Phi) is 5.27. The molecule has 0 spiro atoms. The molecule has 1 unspecified atom stereocenters. The van der Waals surface area contributed by atoms with E-state index in [0.717, 1.165) is 23.4 Å². The van der Waals surface area contributed by atoms with Gasteiger partial charge in [-0.1, -0.05) is 19.1 Å². The van der Waals surface area contributed by atoms with E-state index in [4.69, 9.17) is 5.73 Å². The van der Waals surface area contributed by atoms with Crippen LogP contribution in [0.2, 0.25) is 0 Å². The number of nitrogen functional groups attached to an aromatic ring is 1. The van der Waals surface area contributed by atoms with Gasteiger partial charge < -0.3 is 16.0 Å². The highest BCUT2D eigenvalue weighted by atomic mass is 19.1. The van der Waals surface area contributed by atoms with Gasteiger partial charge in [0.15, 0.2) is 0 Å². The first-order valence-corrected chi connectivity index (χ1v) is 7.28. The number of aromatic nitrogens is 2. The topological polar surface area (TPSA) is 67.1 Å². The van der Waals surface area contributed by atoms with Gasteiger partial charge in [0.1, 0.15) is 11.6 Å². The van der Waals surface area contributed by atoms with E-state index in [1.54, 1.807) is 18.3 Å². The van der Waals surface area contributed by atoms with Crippen molar-refractivity contribution in [3.8, 4) is 0 Å². The fourth-order valence-corrected chi connectivity index (χ4v) is 2.31. The highest BCUT2D eigenvalue weighted by molar-refractivity contribution is 5.46. The molecule has 0 radical (unpaired) electrons. The van der Waals surface area contributed by atoms with E-state index in [9.17, 15) is 4.39 Å². The average Bonchev–Trinajstić information content (AvgIpc) is 2.49. The molecule has 0 saturated carbocycles.